The topological polar surface area (TPSA) is 20.2 Å². The van der Waals surface area contributed by atoms with Crippen LogP contribution in [0.2, 0.25) is 0 Å². The molecule has 0 heterocycles. The zero-order valence-corrected chi connectivity index (χ0v) is 19.7. The molecular formula is C28H44O. The van der Waals surface area contributed by atoms with Crippen LogP contribution < -0.4 is 0 Å². The van der Waals surface area contributed by atoms with E-state index in [4.69, 9.17) is 0 Å². The van der Waals surface area contributed by atoms with Gasteiger partial charge in [0.1, 0.15) is 0 Å². The summed E-state index contributed by atoms with van der Waals surface area (Å²) in [6.07, 6.45) is 18.3. The molecule has 0 radical (unpaired) electrons. The maximum Gasteiger partial charge on any atom is 0.0724 e. The Hall–Kier alpha value is -0.820. The molecule has 1 N–H and O–H groups in total. The fourth-order valence-corrected chi connectivity index (χ4v) is 7.62. The highest BCUT2D eigenvalue weighted by atomic mass is 16.3. The van der Waals surface area contributed by atoms with Gasteiger partial charge in [0, 0.05) is 0 Å². The van der Waals surface area contributed by atoms with Gasteiger partial charge in [-0.05, 0) is 91.3 Å². The number of aliphatic hydroxyl groups is 1. The van der Waals surface area contributed by atoms with Crippen LogP contribution in [0.1, 0.15) is 86.5 Å². The third kappa shape index (κ3) is 3.50. The molecule has 29 heavy (non-hydrogen) atoms. The lowest BCUT2D eigenvalue weighted by atomic mass is 9.50. The maximum absolute atomic E-state index is 10.2. The molecule has 0 saturated heterocycles. The Morgan fingerprint density at radius 2 is 1.72 bits per heavy atom. The first-order valence-corrected chi connectivity index (χ1v) is 12.4. The van der Waals surface area contributed by atoms with Gasteiger partial charge in [0.25, 0.3) is 0 Å². The lowest BCUT2D eigenvalue weighted by Crippen LogP contribution is -2.46. The fraction of sp³-hybridized carbons (Fsp3) is 0.786. The summed E-state index contributed by atoms with van der Waals surface area (Å²) in [5, 5.41) is 10.2. The Kier molecular flexibility index (Phi) is 5.69. The summed E-state index contributed by atoms with van der Waals surface area (Å²) >= 11 is 0. The standard InChI is InChI=1S/C28H44O/c1-18(2)19(3)7-8-20(4)24-11-12-25-23-10-9-21-17-22(29)13-15-27(21,5)26(23)14-16-28(24,25)6/h7-8,10,17-20,22,24-26,29H,9,11-16H2,1-6H3/b8-7+. The van der Waals surface area contributed by atoms with Crippen molar-refractivity contribution < 1.29 is 5.11 Å². The summed E-state index contributed by atoms with van der Waals surface area (Å²) in [7, 11) is 0. The predicted octanol–water partition coefficient (Wildman–Crippen LogP) is 7.33. The Morgan fingerprint density at radius 1 is 0.966 bits per heavy atom. The average Bonchev–Trinajstić information content (AvgIpc) is 3.03. The van der Waals surface area contributed by atoms with E-state index in [1.807, 2.05) is 5.57 Å². The number of allylic oxidation sites excluding steroid dienone is 5. The SMILES string of the molecule is CC(C)C(C)/C=C/C(C)C1CCC2C3=CCC4=CC(O)CCC4(C)C3CCC21C. The highest BCUT2D eigenvalue weighted by Crippen LogP contribution is 2.66. The quantitative estimate of drug-likeness (QED) is 0.493. The van der Waals surface area contributed by atoms with Gasteiger partial charge in [-0.25, -0.2) is 0 Å². The Morgan fingerprint density at radius 3 is 2.45 bits per heavy atom. The molecule has 4 rings (SSSR count). The second-order valence-corrected chi connectivity index (χ2v) is 11.8. The molecule has 2 fully saturated rings. The molecular weight excluding hydrogens is 352 g/mol. The van der Waals surface area contributed by atoms with Gasteiger partial charge in [0.05, 0.1) is 6.10 Å². The predicted molar refractivity (Wildman–Crippen MR) is 123 cm³/mol. The first-order chi connectivity index (χ1) is 13.7. The highest BCUT2D eigenvalue weighted by molar-refractivity contribution is 5.36. The average molecular weight is 397 g/mol. The van der Waals surface area contributed by atoms with Crippen LogP contribution in [0.15, 0.2) is 35.5 Å². The summed E-state index contributed by atoms with van der Waals surface area (Å²) in [6, 6.07) is 0. The van der Waals surface area contributed by atoms with E-state index in [1.165, 1.54) is 37.7 Å². The molecule has 1 heteroatoms. The van der Waals surface area contributed by atoms with E-state index in [-0.39, 0.29) is 6.10 Å². The van der Waals surface area contributed by atoms with Gasteiger partial charge >= 0.3 is 0 Å². The van der Waals surface area contributed by atoms with Crippen molar-refractivity contribution in [3.63, 3.8) is 0 Å². The number of rotatable bonds is 4. The molecule has 8 atom stereocenters. The van der Waals surface area contributed by atoms with Gasteiger partial charge in [0.2, 0.25) is 0 Å². The van der Waals surface area contributed by atoms with Crippen LogP contribution in [0, 0.1) is 46.3 Å². The molecule has 0 aromatic carbocycles. The van der Waals surface area contributed by atoms with Crippen molar-refractivity contribution in [2.45, 2.75) is 92.6 Å². The summed E-state index contributed by atoms with van der Waals surface area (Å²) in [6.45, 7) is 14.6. The molecule has 4 aliphatic carbocycles. The van der Waals surface area contributed by atoms with E-state index in [2.05, 4.69) is 65.8 Å². The molecule has 8 unspecified atom stereocenters. The molecule has 0 bridgehead atoms. The number of hydrogen-bond acceptors (Lipinski definition) is 1. The molecule has 0 aromatic rings. The molecule has 0 spiro atoms. The fourth-order valence-electron chi connectivity index (χ4n) is 7.62. The monoisotopic (exact) mass is 396 g/mol. The third-order valence-corrected chi connectivity index (χ3v) is 10.0. The van der Waals surface area contributed by atoms with Crippen molar-refractivity contribution in [2.24, 2.45) is 46.3 Å². The van der Waals surface area contributed by atoms with Gasteiger partial charge in [0.15, 0.2) is 0 Å². The zero-order valence-electron chi connectivity index (χ0n) is 19.7. The van der Waals surface area contributed by atoms with Crippen LogP contribution in [-0.2, 0) is 0 Å². The van der Waals surface area contributed by atoms with Gasteiger partial charge in [-0.3, -0.25) is 0 Å². The lowest BCUT2D eigenvalue weighted by molar-refractivity contribution is 0.0498. The van der Waals surface area contributed by atoms with Crippen molar-refractivity contribution in [1.82, 2.24) is 0 Å². The van der Waals surface area contributed by atoms with E-state index < -0.39 is 0 Å². The van der Waals surface area contributed by atoms with Crippen molar-refractivity contribution in [2.75, 3.05) is 0 Å². The van der Waals surface area contributed by atoms with Crippen molar-refractivity contribution in [1.29, 1.82) is 0 Å². The number of hydrogen-bond donors (Lipinski definition) is 1. The Bertz CT molecular complexity index is 712. The molecule has 4 aliphatic rings. The van der Waals surface area contributed by atoms with E-state index in [0.29, 0.717) is 22.7 Å². The largest absolute Gasteiger partial charge is 0.389 e. The first-order valence-electron chi connectivity index (χ1n) is 12.4. The lowest BCUT2D eigenvalue weighted by Gasteiger charge is -2.55. The minimum absolute atomic E-state index is 0.210. The van der Waals surface area contributed by atoms with Gasteiger partial charge in [-0.2, -0.15) is 0 Å². The molecule has 2 saturated carbocycles. The second-order valence-electron chi connectivity index (χ2n) is 11.8. The third-order valence-electron chi connectivity index (χ3n) is 10.0. The summed E-state index contributed by atoms with van der Waals surface area (Å²) in [5.41, 5.74) is 4.12. The van der Waals surface area contributed by atoms with E-state index in [9.17, 15) is 5.11 Å². The summed E-state index contributed by atoms with van der Waals surface area (Å²) in [5.74, 6) is 4.41. The first kappa shape index (κ1) is 21.4. The molecule has 1 nitrogen and oxygen atoms in total. The Balaban J connectivity index is 1.56. The Labute approximate surface area is 179 Å². The van der Waals surface area contributed by atoms with Crippen LogP contribution in [0.5, 0.6) is 0 Å². The van der Waals surface area contributed by atoms with Crippen LogP contribution >= 0.6 is 0 Å². The van der Waals surface area contributed by atoms with Gasteiger partial charge < -0.3 is 5.11 Å². The van der Waals surface area contributed by atoms with Crippen LogP contribution in [-0.4, -0.2) is 11.2 Å². The van der Waals surface area contributed by atoms with Crippen molar-refractivity contribution in [3.05, 3.63) is 35.5 Å². The number of fused-ring (bicyclic) bond motifs is 5. The molecule has 0 aromatic heterocycles. The van der Waals surface area contributed by atoms with Crippen molar-refractivity contribution in [3.8, 4) is 0 Å². The van der Waals surface area contributed by atoms with E-state index >= 15 is 0 Å². The number of aliphatic hydroxyl groups excluding tert-OH is 1. The van der Waals surface area contributed by atoms with E-state index in [0.717, 1.165) is 36.5 Å². The minimum atomic E-state index is -0.210. The van der Waals surface area contributed by atoms with Crippen LogP contribution in [0.25, 0.3) is 0 Å². The molecule has 162 valence electrons. The van der Waals surface area contributed by atoms with Crippen molar-refractivity contribution >= 4 is 0 Å². The highest BCUT2D eigenvalue weighted by Gasteiger charge is 2.56. The van der Waals surface area contributed by atoms with Gasteiger partial charge in [-0.15, -0.1) is 0 Å². The summed E-state index contributed by atoms with van der Waals surface area (Å²) in [4.78, 5) is 0. The normalized spacial score (nSPS) is 44.0. The van der Waals surface area contributed by atoms with Crippen LogP contribution in [0.3, 0.4) is 0 Å². The molecule has 0 aliphatic heterocycles. The van der Waals surface area contributed by atoms with E-state index in [1.54, 1.807) is 0 Å². The van der Waals surface area contributed by atoms with Gasteiger partial charge in [-0.1, -0.05) is 77.0 Å². The maximum atomic E-state index is 10.2. The van der Waals surface area contributed by atoms with Crippen LogP contribution in [0.4, 0.5) is 0 Å². The minimum Gasteiger partial charge on any atom is -0.389 e. The molecule has 0 amide bonds. The zero-order chi connectivity index (χ0) is 21.0. The second kappa shape index (κ2) is 7.70. The summed E-state index contributed by atoms with van der Waals surface area (Å²) < 4.78 is 0. The smallest absolute Gasteiger partial charge is 0.0724 e.